The Labute approximate surface area is 135 Å². The molecule has 0 atom stereocenters. The Kier molecular flexibility index (Phi) is 15.6. The molecule has 0 radical (unpaired) electrons. The Morgan fingerprint density at radius 3 is 2.00 bits per heavy atom. The van der Waals surface area contributed by atoms with Crippen LogP contribution < -0.4 is 0 Å². The molecule has 130 valence electrons. The lowest BCUT2D eigenvalue weighted by atomic mass is 10.1. The molecule has 0 unspecified atom stereocenters. The second-order valence-corrected chi connectivity index (χ2v) is 5.98. The molecule has 0 aliphatic heterocycles. The Bertz CT molecular complexity index is 287. The van der Waals surface area contributed by atoms with E-state index in [0.717, 1.165) is 51.4 Å². The predicted molar refractivity (Wildman–Crippen MR) is 89.7 cm³/mol. The molecule has 4 heteroatoms. The number of carboxylic acids is 1. The molecule has 0 saturated heterocycles. The quantitative estimate of drug-likeness (QED) is 0.160. The lowest BCUT2D eigenvalue weighted by Gasteiger charge is -2.04. The fraction of sp³-hybridized carbons (Fsp3) is 0.833. The maximum atomic E-state index is 10.4. The van der Waals surface area contributed by atoms with Crippen molar-refractivity contribution in [2.45, 2.75) is 96.8 Å². The summed E-state index contributed by atoms with van der Waals surface area (Å²) < 4.78 is 0. The van der Waals surface area contributed by atoms with Crippen LogP contribution in [-0.4, -0.2) is 16.3 Å². The number of aliphatic carboxylic acids is 1. The van der Waals surface area contributed by atoms with Crippen LogP contribution in [0.3, 0.4) is 0 Å². The molecule has 0 aromatic carbocycles. The van der Waals surface area contributed by atoms with Gasteiger partial charge in [-0.1, -0.05) is 58.3 Å². The van der Waals surface area contributed by atoms with Crippen molar-refractivity contribution in [1.82, 2.24) is 0 Å². The van der Waals surface area contributed by atoms with Crippen LogP contribution in [0.1, 0.15) is 96.8 Å². The maximum Gasteiger partial charge on any atom is 0.303 e. The molecule has 22 heavy (non-hydrogen) atoms. The highest BCUT2D eigenvalue weighted by Gasteiger charge is 2.00. The van der Waals surface area contributed by atoms with E-state index in [2.05, 4.69) is 11.8 Å². The van der Waals surface area contributed by atoms with Gasteiger partial charge in [-0.15, -0.1) is 0 Å². The first kappa shape index (κ1) is 21.0. The highest BCUT2D eigenvalue weighted by Crippen LogP contribution is 2.14. The van der Waals surface area contributed by atoms with Gasteiger partial charge in [-0.05, 0) is 31.8 Å². The molecular formula is C18H34O4. The summed E-state index contributed by atoms with van der Waals surface area (Å²) in [5.41, 5.74) is 0. The minimum atomic E-state index is -0.714. The van der Waals surface area contributed by atoms with E-state index in [4.69, 9.17) is 10.4 Å². The highest BCUT2D eigenvalue weighted by atomic mass is 17.1. The van der Waals surface area contributed by atoms with Gasteiger partial charge in [0.2, 0.25) is 0 Å². The fourth-order valence-electron chi connectivity index (χ4n) is 2.48. The van der Waals surface area contributed by atoms with Crippen LogP contribution in [0.4, 0.5) is 0 Å². The monoisotopic (exact) mass is 314 g/mol. The average molecular weight is 314 g/mol. The van der Waals surface area contributed by atoms with Crippen LogP contribution >= 0.6 is 0 Å². The van der Waals surface area contributed by atoms with E-state index in [1.54, 1.807) is 0 Å². The molecule has 0 saturated carbocycles. The van der Waals surface area contributed by atoms with Crippen molar-refractivity contribution < 1.29 is 20.0 Å². The van der Waals surface area contributed by atoms with Crippen LogP contribution in [0.15, 0.2) is 11.8 Å². The van der Waals surface area contributed by atoms with E-state index in [0.29, 0.717) is 5.76 Å². The predicted octanol–water partition coefficient (Wildman–Crippen LogP) is 5.93. The van der Waals surface area contributed by atoms with E-state index in [1.807, 2.05) is 6.08 Å². The third kappa shape index (κ3) is 15.4. The minimum absolute atomic E-state index is 0.267. The third-order valence-electron chi connectivity index (χ3n) is 3.86. The number of rotatable bonds is 16. The van der Waals surface area contributed by atoms with Crippen molar-refractivity contribution >= 4 is 5.97 Å². The third-order valence-corrected chi connectivity index (χ3v) is 3.86. The zero-order valence-corrected chi connectivity index (χ0v) is 14.2. The van der Waals surface area contributed by atoms with Gasteiger partial charge in [0, 0.05) is 12.8 Å². The number of carboxylic acid groups (broad SMARTS) is 1. The standard InChI is InChI=1S/C18H34O4/c1-2-3-4-5-6-8-11-14-17(22-21)15-12-9-7-10-13-16-18(19)20/h14,21H,2-13,15-16H2,1H3,(H,19,20)/b17-14+. The number of allylic oxidation sites excluding steroid dienone is 2. The molecule has 0 spiro atoms. The van der Waals surface area contributed by atoms with Gasteiger partial charge in [0.25, 0.3) is 0 Å². The molecule has 0 aromatic rings. The summed E-state index contributed by atoms with van der Waals surface area (Å²) in [4.78, 5) is 14.8. The zero-order chi connectivity index (χ0) is 16.5. The van der Waals surface area contributed by atoms with E-state index in [-0.39, 0.29) is 6.42 Å². The fourth-order valence-corrected chi connectivity index (χ4v) is 2.48. The highest BCUT2D eigenvalue weighted by molar-refractivity contribution is 5.66. The smallest absolute Gasteiger partial charge is 0.303 e. The van der Waals surface area contributed by atoms with Gasteiger partial charge in [0.05, 0.1) is 0 Å². The zero-order valence-electron chi connectivity index (χ0n) is 14.2. The Balaban J connectivity index is 3.48. The number of carbonyl (C=O) groups is 1. The normalized spacial score (nSPS) is 11.6. The summed E-state index contributed by atoms with van der Waals surface area (Å²) in [6.07, 6.45) is 16.4. The van der Waals surface area contributed by atoms with E-state index in [9.17, 15) is 4.79 Å². The van der Waals surface area contributed by atoms with Crippen LogP contribution in [0, 0.1) is 0 Å². The molecule has 4 nitrogen and oxygen atoms in total. The summed E-state index contributed by atoms with van der Waals surface area (Å²) in [6, 6.07) is 0. The molecule has 0 fully saturated rings. The van der Waals surface area contributed by atoms with Gasteiger partial charge in [0.1, 0.15) is 5.76 Å². The lowest BCUT2D eigenvalue weighted by molar-refractivity contribution is -0.206. The van der Waals surface area contributed by atoms with Crippen LogP contribution in [-0.2, 0) is 9.68 Å². The van der Waals surface area contributed by atoms with Crippen molar-refractivity contribution in [3.8, 4) is 0 Å². The van der Waals surface area contributed by atoms with Crippen molar-refractivity contribution in [2.75, 3.05) is 0 Å². The number of unbranched alkanes of at least 4 members (excludes halogenated alkanes) is 10. The van der Waals surface area contributed by atoms with Gasteiger partial charge >= 0.3 is 5.97 Å². The van der Waals surface area contributed by atoms with Gasteiger partial charge in [0.15, 0.2) is 0 Å². The van der Waals surface area contributed by atoms with E-state index >= 15 is 0 Å². The molecule has 0 amide bonds. The first-order valence-corrected chi connectivity index (χ1v) is 8.93. The van der Waals surface area contributed by atoms with Gasteiger partial charge in [-0.3, -0.25) is 4.79 Å². The number of hydrogen-bond acceptors (Lipinski definition) is 3. The molecule has 0 heterocycles. The summed E-state index contributed by atoms with van der Waals surface area (Å²) in [6.45, 7) is 2.22. The lowest BCUT2D eigenvalue weighted by Crippen LogP contribution is -1.93. The topological polar surface area (TPSA) is 66.8 Å². The van der Waals surface area contributed by atoms with Crippen LogP contribution in [0.2, 0.25) is 0 Å². The summed E-state index contributed by atoms with van der Waals surface area (Å²) in [7, 11) is 0. The molecule has 0 aliphatic rings. The Hall–Kier alpha value is -1.03. The largest absolute Gasteiger partial charge is 0.481 e. The average Bonchev–Trinajstić information content (AvgIpc) is 2.50. The van der Waals surface area contributed by atoms with Crippen molar-refractivity contribution in [3.63, 3.8) is 0 Å². The second-order valence-electron chi connectivity index (χ2n) is 5.98. The molecule has 0 aliphatic carbocycles. The minimum Gasteiger partial charge on any atom is -0.481 e. The first-order valence-electron chi connectivity index (χ1n) is 8.93. The van der Waals surface area contributed by atoms with Gasteiger partial charge < -0.3 is 9.99 Å². The molecule has 0 bridgehead atoms. The van der Waals surface area contributed by atoms with Crippen molar-refractivity contribution in [2.24, 2.45) is 0 Å². The number of hydrogen-bond donors (Lipinski definition) is 2. The summed E-state index contributed by atoms with van der Waals surface area (Å²) in [5.74, 6) is -0.0345. The van der Waals surface area contributed by atoms with Crippen LogP contribution in [0.25, 0.3) is 0 Å². The summed E-state index contributed by atoms with van der Waals surface area (Å²) in [5, 5.41) is 17.4. The Morgan fingerprint density at radius 1 is 0.864 bits per heavy atom. The van der Waals surface area contributed by atoms with Gasteiger partial charge in [-0.25, -0.2) is 5.26 Å². The summed E-state index contributed by atoms with van der Waals surface area (Å²) >= 11 is 0. The first-order chi connectivity index (χ1) is 10.7. The Morgan fingerprint density at radius 2 is 1.41 bits per heavy atom. The molecule has 0 aromatic heterocycles. The second kappa shape index (κ2) is 16.3. The van der Waals surface area contributed by atoms with Crippen LogP contribution in [0.5, 0.6) is 0 Å². The van der Waals surface area contributed by atoms with Gasteiger partial charge in [-0.2, -0.15) is 0 Å². The SMILES string of the molecule is CCCCCCCC/C=C(\CCCCCCCC(=O)O)OO. The van der Waals surface area contributed by atoms with E-state index < -0.39 is 5.97 Å². The molecule has 2 N–H and O–H groups in total. The van der Waals surface area contributed by atoms with Crippen molar-refractivity contribution in [3.05, 3.63) is 11.8 Å². The maximum absolute atomic E-state index is 10.4. The van der Waals surface area contributed by atoms with Crippen molar-refractivity contribution in [1.29, 1.82) is 0 Å². The molecule has 0 rings (SSSR count). The molecular weight excluding hydrogens is 280 g/mol. The van der Waals surface area contributed by atoms with E-state index in [1.165, 1.54) is 32.1 Å².